The first kappa shape index (κ1) is 21.8. The monoisotopic (exact) mass is 448 g/mol. The van der Waals surface area contributed by atoms with Crippen LogP contribution in [0, 0.1) is 11.3 Å². The molecular weight excluding hydrogens is 416 g/mol. The van der Waals surface area contributed by atoms with Crippen molar-refractivity contribution in [3.63, 3.8) is 0 Å². The minimum atomic E-state index is 0.160. The van der Waals surface area contributed by atoms with Crippen molar-refractivity contribution in [3.8, 4) is 0 Å². The highest BCUT2D eigenvalue weighted by atomic mass is 35.5. The van der Waals surface area contributed by atoms with Crippen LogP contribution in [-0.4, -0.2) is 52.8 Å². The Balaban J connectivity index is 1.65. The normalized spacial score (nSPS) is 20.0. The maximum atomic E-state index is 12.2. The summed E-state index contributed by atoms with van der Waals surface area (Å²) in [7, 11) is 0. The van der Waals surface area contributed by atoms with Gasteiger partial charge in [0.2, 0.25) is 5.91 Å². The zero-order valence-corrected chi connectivity index (χ0v) is 20.2. The molecular formula is C23H33ClN4OS. The van der Waals surface area contributed by atoms with E-state index in [0.29, 0.717) is 17.7 Å². The maximum Gasteiger partial charge on any atom is 0.223 e. The summed E-state index contributed by atoms with van der Waals surface area (Å²) in [5.41, 5.74) is 1.82. The Morgan fingerprint density at radius 3 is 2.57 bits per heavy atom. The van der Waals surface area contributed by atoms with Crippen LogP contribution in [0.2, 0.25) is 0 Å². The molecule has 30 heavy (non-hydrogen) atoms. The van der Waals surface area contributed by atoms with E-state index in [-0.39, 0.29) is 5.91 Å². The van der Waals surface area contributed by atoms with Crippen molar-refractivity contribution in [2.75, 3.05) is 37.0 Å². The number of halogens is 1. The molecule has 2 aromatic heterocycles. The van der Waals surface area contributed by atoms with Gasteiger partial charge in [0.15, 0.2) is 0 Å². The molecule has 0 aromatic carbocycles. The first-order valence-electron chi connectivity index (χ1n) is 11.2. The summed E-state index contributed by atoms with van der Waals surface area (Å²) in [6.45, 7) is 12.3. The van der Waals surface area contributed by atoms with Gasteiger partial charge >= 0.3 is 0 Å². The van der Waals surface area contributed by atoms with Gasteiger partial charge in [-0.05, 0) is 36.2 Å². The number of anilines is 1. The molecule has 1 aliphatic carbocycles. The molecule has 164 valence electrons. The molecule has 1 unspecified atom stereocenters. The van der Waals surface area contributed by atoms with Gasteiger partial charge in [-0.1, -0.05) is 27.7 Å². The lowest BCUT2D eigenvalue weighted by atomic mass is 9.72. The summed E-state index contributed by atoms with van der Waals surface area (Å²) in [6, 6.07) is 0. The van der Waals surface area contributed by atoms with Crippen LogP contribution >= 0.6 is 22.9 Å². The van der Waals surface area contributed by atoms with Crippen molar-refractivity contribution >= 4 is 44.9 Å². The predicted molar refractivity (Wildman–Crippen MR) is 126 cm³/mol. The number of amides is 1. The Hall–Kier alpha value is -1.40. The van der Waals surface area contributed by atoms with Gasteiger partial charge in [-0.15, -0.1) is 22.9 Å². The van der Waals surface area contributed by atoms with Crippen LogP contribution in [0.4, 0.5) is 5.82 Å². The first-order valence-corrected chi connectivity index (χ1v) is 12.6. The van der Waals surface area contributed by atoms with Crippen molar-refractivity contribution in [3.05, 3.63) is 16.3 Å². The number of hydrogen-bond acceptors (Lipinski definition) is 5. The molecule has 2 aromatic rings. The number of hydrogen-bond donors (Lipinski definition) is 0. The molecule has 1 amide bonds. The molecule has 0 radical (unpaired) electrons. The second kappa shape index (κ2) is 8.62. The van der Waals surface area contributed by atoms with E-state index in [0.717, 1.165) is 67.8 Å². The molecule has 4 rings (SSSR count). The van der Waals surface area contributed by atoms with Gasteiger partial charge in [0.1, 0.15) is 16.5 Å². The molecule has 2 aliphatic rings. The molecule has 5 nitrogen and oxygen atoms in total. The fraction of sp³-hybridized carbons (Fsp3) is 0.696. The summed E-state index contributed by atoms with van der Waals surface area (Å²) in [6.07, 6.45) is 4.77. The summed E-state index contributed by atoms with van der Waals surface area (Å²) in [5, 5.41) is 1.28. The zero-order valence-electron chi connectivity index (χ0n) is 18.6. The number of thiophene rings is 1. The number of rotatable bonds is 4. The van der Waals surface area contributed by atoms with E-state index in [4.69, 9.17) is 21.6 Å². The maximum absolute atomic E-state index is 12.2. The lowest BCUT2D eigenvalue weighted by Crippen LogP contribution is -2.49. The van der Waals surface area contributed by atoms with E-state index in [1.165, 1.54) is 22.2 Å². The summed E-state index contributed by atoms with van der Waals surface area (Å²) in [5.74, 6) is 3.28. The third kappa shape index (κ3) is 4.18. The number of nitrogens with zero attached hydrogens (tertiary/aromatic N) is 4. The number of alkyl halides is 1. The van der Waals surface area contributed by atoms with E-state index in [1.807, 2.05) is 16.2 Å². The predicted octanol–water partition coefficient (Wildman–Crippen LogP) is 4.68. The highest BCUT2D eigenvalue weighted by Crippen LogP contribution is 2.45. The van der Waals surface area contributed by atoms with E-state index >= 15 is 0 Å². The first-order chi connectivity index (χ1) is 14.3. The van der Waals surface area contributed by atoms with Gasteiger partial charge < -0.3 is 9.80 Å². The van der Waals surface area contributed by atoms with Gasteiger partial charge in [-0.25, -0.2) is 9.97 Å². The molecule has 0 N–H and O–H groups in total. The van der Waals surface area contributed by atoms with Gasteiger partial charge in [0, 0.05) is 49.8 Å². The van der Waals surface area contributed by atoms with Gasteiger partial charge in [0.05, 0.1) is 5.39 Å². The van der Waals surface area contributed by atoms with Crippen molar-refractivity contribution in [2.45, 2.75) is 59.8 Å². The Morgan fingerprint density at radius 2 is 1.93 bits per heavy atom. The number of carbonyl (C=O) groups excluding carboxylic acids is 1. The van der Waals surface area contributed by atoms with Crippen LogP contribution in [0.5, 0.6) is 0 Å². The fourth-order valence-corrected chi connectivity index (χ4v) is 6.21. The van der Waals surface area contributed by atoms with Crippen molar-refractivity contribution in [1.82, 2.24) is 14.9 Å². The molecule has 1 aliphatic heterocycles. The van der Waals surface area contributed by atoms with Crippen LogP contribution in [0.25, 0.3) is 10.2 Å². The van der Waals surface area contributed by atoms with E-state index in [1.54, 1.807) is 0 Å². The standard InChI is InChI=1S/C23H33ClN4OS/c1-5-18-25-21(28-12-10-27(11-13-28)19(29)8-9-24)20-16-7-6-15(23(2,3)4)14-17(16)30-22(20)26-18/h15H,5-14H2,1-4H3. The molecule has 1 fully saturated rings. The molecule has 3 heterocycles. The average Bonchev–Trinajstić information content (AvgIpc) is 3.10. The number of aryl methyl sites for hydroxylation is 2. The second-order valence-electron chi connectivity index (χ2n) is 9.61. The van der Waals surface area contributed by atoms with Crippen LogP contribution in [0.15, 0.2) is 0 Å². The van der Waals surface area contributed by atoms with Crippen molar-refractivity contribution in [2.24, 2.45) is 11.3 Å². The Kier molecular flexibility index (Phi) is 6.27. The smallest absolute Gasteiger partial charge is 0.223 e. The van der Waals surface area contributed by atoms with Crippen molar-refractivity contribution < 1.29 is 4.79 Å². The van der Waals surface area contributed by atoms with Crippen molar-refractivity contribution in [1.29, 1.82) is 0 Å². The van der Waals surface area contributed by atoms with E-state index in [9.17, 15) is 4.79 Å². The molecule has 0 saturated carbocycles. The van der Waals surface area contributed by atoms with Crippen LogP contribution in [0.3, 0.4) is 0 Å². The molecule has 1 saturated heterocycles. The van der Waals surface area contributed by atoms with Gasteiger partial charge in [-0.2, -0.15) is 0 Å². The quantitative estimate of drug-likeness (QED) is 0.637. The van der Waals surface area contributed by atoms with E-state index in [2.05, 4.69) is 32.6 Å². The largest absolute Gasteiger partial charge is 0.352 e. The number of carbonyl (C=O) groups is 1. The Morgan fingerprint density at radius 1 is 1.20 bits per heavy atom. The minimum Gasteiger partial charge on any atom is -0.352 e. The SMILES string of the molecule is CCc1nc(N2CCN(C(=O)CCCl)CC2)c2c3c(sc2n1)CC(C(C)(C)C)CC3. The topological polar surface area (TPSA) is 49.3 Å². The van der Waals surface area contributed by atoms with Crippen LogP contribution in [-0.2, 0) is 24.1 Å². The third-order valence-electron chi connectivity index (χ3n) is 6.72. The number of aromatic nitrogens is 2. The molecule has 1 atom stereocenters. The lowest BCUT2D eigenvalue weighted by Gasteiger charge is -2.36. The molecule has 0 spiro atoms. The van der Waals surface area contributed by atoms with Crippen LogP contribution in [0.1, 0.15) is 56.8 Å². The van der Waals surface area contributed by atoms with E-state index < -0.39 is 0 Å². The highest BCUT2D eigenvalue weighted by Gasteiger charge is 2.33. The molecule has 0 bridgehead atoms. The second-order valence-corrected chi connectivity index (χ2v) is 11.1. The Bertz CT molecular complexity index is 927. The Labute approximate surface area is 188 Å². The minimum absolute atomic E-state index is 0.160. The third-order valence-corrected chi connectivity index (χ3v) is 8.05. The summed E-state index contributed by atoms with van der Waals surface area (Å²) >= 11 is 7.64. The summed E-state index contributed by atoms with van der Waals surface area (Å²) < 4.78 is 0. The van der Waals surface area contributed by atoms with Gasteiger partial charge in [0.25, 0.3) is 0 Å². The zero-order chi connectivity index (χ0) is 21.5. The number of fused-ring (bicyclic) bond motifs is 3. The van der Waals surface area contributed by atoms with Gasteiger partial charge in [-0.3, -0.25) is 4.79 Å². The number of piperazine rings is 1. The van der Waals surface area contributed by atoms with Crippen LogP contribution < -0.4 is 4.90 Å². The summed E-state index contributed by atoms with van der Waals surface area (Å²) in [4.78, 5) is 29.1. The lowest BCUT2D eigenvalue weighted by molar-refractivity contribution is -0.131. The average molecular weight is 449 g/mol. The molecule has 7 heteroatoms. The fourth-order valence-electron chi connectivity index (χ4n) is 4.73. The highest BCUT2D eigenvalue weighted by molar-refractivity contribution is 7.19.